The lowest BCUT2D eigenvalue weighted by atomic mass is 10.0. The molecule has 0 aliphatic carbocycles. The normalized spacial score (nSPS) is 10.8. The van der Waals surface area contributed by atoms with Gasteiger partial charge in [0.25, 0.3) is 0 Å². The van der Waals surface area contributed by atoms with Gasteiger partial charge in [-0.15, -0.1) is 0 Å². The Kier molecular flexibility index (Phi) is 30.0. The summed E-state index contributed by atoms with van der Waals surface area (Å²) in [5.74, 6) is -0.151. The minimum Gasteiger partial charge on any atom is -0.370 e. The molecule has 1 amide bonds. The molecule has 0 aromatic rings. The summed E-state index contributed by atoms with van der Waals surface area (Å²) >= 11 is 0. The van der Waals surface area contributed by atoms with Crippen LogP contribution >= 0.6 is 0 Å². The van der Waals surface area contributed by atoms with Crippen LogP contribution in [0.25, 0.3) is 0 Å². The zero-order valence-corrected chi connectivity index (χ0v) is 21.5. The minimum atomic E-state index is -0.151. The maximum atomic E-state index is 10.6. The first-order valence-electron chi connectivity index (χ1n) is 13.5. The number of hydrogen-bond donors (Lipinski definition) is 1. The Balaban J connectivity index is 0. The number of carbonyl (C=O) groups is 1. The molecule has 0 heterocycles. The van der Waals surface area contributed by atoms with E-state index in [1.165, 1.54) is 129 Å². The molecule has 0 saturated carbocycles. The summed E-state index contributed by atoms with van der Waals surface area (Å²) in [5.41, 5.74) is 5.13. The Hall–Kier alpha value is -0.570. The number of unbranched alkanes of at least 4 members (excludes halogenated alkanes) is 18. The first-order chi connectivity index (χ1) is 14.5. The van der Waals surface area contributed by atoms with Crippen LogP contribution in [-0.4, -0.2) is 31.4 Å². The summed E-state index contributed by atoms with van der Waals surface area (Å²) in [6.07, 6.45) is 28.1. The van der Waals surface area contributed by atoms with Gasteiger partial charge in [-0.05, 0) is 33.5 Å². The molecule has 0 rings (SSSR count). The summed E-state index contributed by atoms with van der Waals surface area (Å²) < 4.78 is 0. The van der Waals surface area contributed by atoms with Crippen molar-refractivity contribution in [2.45, 2.75) is 149 Å². The van der Waals surface area contributed by atoms with Crippen LogP contribution < -0.4 is 5.73 Å². The van der Waals surface area contributed by atoms with E-state index in [0.29, 0.717) is 6.42 Å². The summed E-state index contributed by atoms with van der Waals surface area (Å²) in [6, 6.07) is 0. The maximum absolute atomic E-state index is 10.6. The molecule has 0 unspecified atom stereocenters. The van der Waals surface area contributed by atoms with E-state index in [1.807, 2.05) is 0 Å². The molecule has 0 aromatic heterocycles. The highest BCUT2D eigenvalue weighted by molar-refractivity contribution is 5.73. The number of carbonyl (C=O) groups excluding carboxylic acids is 1. The largest absolute Gasteiger partial charge is 0.370 e. The number of amides is 1. The lowest BCUT2D eigenvalue weighted by Gasteiger charge is -2.03. The highest BCUT2D eigenvalue weighted by Crippen LogP contribution is 2.14. The van der Waals surface area contributed by atoms with Crippen LogP contribution in [0.5, 0.6) is 0 Å². The number of rotatable bonds is 22. The van der Waals surface area contributed by atoms with Gasteiger partial charge in [0.15, 0.2) is 0 Å². The quantitative estimate of drug-likeness (QED) is 0.177. The molecular weight excluding hydrogens is 368 g/mol. The molecule has 0 atom stereocenters. The third-order valence-electron chi connectivity index (χ3n) is 5.70. The smallest absolute Gasteiger partial charge is 0.217 e. The van der Waals surface area contributed by atoms with E-state index >= 15 is 0 Å². The minimum absolute atomic E-state index is 0.151. The lowest BCUT2D eigenvalue weighted by molar-refractivity contribution is -0.118. The highest BCUT2D eigenvalue weighted by Gasteiger charge is 1.96. The van der Waals surface area contributed by atoms with Gasteiger partial charge in [-0.3, -0.25) is 4.79 Å². The van der Waals surface area contributed by atoms with Gasteiger partial charge in [0.2, 0.25) is 5.91 Å². The standard InChI is InChI=1S/C22H45NO.C5H13N/c1-2-3-4-5-6-7-8-9-10-11-12-13-14-15-16-17-18-19-20-21-22(23)24;1-4-5-6(2)3/h2-21H2,1H3,(H2,23,24);4-5H2,1-3H3. The predicted molar refractivity (Wildman–Crippen MR) is 136 cm³/mol. The Morgan fingerprint density at radius 3 is 1.03 bits per heavy atom. The average molecular weight is 427 g/mol. The van der Waals surface area contributed by atoms with Crippen molar-refractivity contribution in [3.63, 3.8) is 0 Å². The van der Waals surface area contributed by atoms with E-state index in [9.17, 15) is 4.79 Å². The molecule has 0 fully saturated rings. The topological polar surface area (TPSA) is 46.3 Å². The van der Waals surface area contributed by atoms with E-state index in [2.05, 4.69) is 32.8 Å². The van der Waals surface area contributed by atoms with Crippen molar-refractivity contribution in [1.29, 1.82) is 0 Å². The number of nitrogens with zero attached hydrogens (tertiary/aromatic N) is 1. The summed E-state index contributed by atoms with van der Waals surface area (Å²) in [4.78, 5) is 12.8. The molecule has 0 aliphatic heterocycles. The lowest BCUT2D eigenvalue weighted by Crippen LogP contribution is -2.11. The zero-order valence-electron chi connectivity index (χ0n) is 21.5. The molecule has 0 bridgehead atoms. The Morgan fingerprint density at radius 2 is 0.833 bits per heavy atom. The number of hydrogen-bond acceptors (Lipinski definition) is 2. The first-order valence-corrected chi connectivity index (χ1v) is 13.5. The summed E-state index contributed by atoms with van der Waals surface area (Å²) in [6.45, 7) is 5.68. The third kappa shape index (κ3) is 34.9. The summed E-state index contributed by atoms with van der Waals surface area (Å²) in [5, 5.41) is 0. The van der Waals surface area contributed by atoms with Crippen molar-refractivity contribution in [3.8, 4) is 0 Å². The number of nitrogens with two attached hydrogens (primary N) is 1. The fraction of sp³-hybridized carbons (Fsp3) is 0.963. The van der Waals surface area contributed by atoms with Gasteiger partial charge in [0.05, 0.1) is 0 Å². The van der Waals surface area contributed by atoms with Crippen molar-refractivity contribution in [2.24, 2.45) is 5.73 Å². The summed E-state index contributed by atoms with van der Waals surface area (Å²) in [7, 11) is 4.17. The van der Waals surface area contributed by atoms with Crippen LogP contribution in [-0.2, 0) is 4.79 Å². The van der Waals surface area contributed by atoms with Crippen LogP contribution in [0.3, 0.4) is 0 Å². The highest BCUT2D eigenvalue weighted by atomic mass is 16.1. The van der Waals surface area contributed by atoms with Gasteiger partial charge >= 0.3 is 0 Å². The van der Waals surface area contributed by atoms with Gasteiger partial charge in [0, 0.05) is 6.42 Å². The molecule has 0 spiro atoms. The van der Waals surface area contributed by atoms with Crippen molar-refractivity contribution in [1.82, 2.24) is 4.90 Å². The van der Waals surface area contributed by atoms with Crippen molar-refractivity contribution < 1.29 is 4.79 Å². The third-order valence-corrected chi connectivity index (χ3v) is 5.70. The van der Waals surface area contributed by atoms with E-state index in [4.69, 9.17) is 5.73 Å². The fourth-order valence-corrected chi connectivity index (χ4v) is 3.82. The van der Waals surface area contributed by atoms with Crippen LogP contribution in [0.2, 0.25) is 0 Å². The average Bonchev–Trinajstić information content (AvgIpc) is 2.70. The molecule has 30 heavy (non-hydrogen) atoms. The first kappa shape index (κ1) is 31.6. The Morgan fingerprint density at radius 1 is 0.533 bits per heavy atom. The molecule has 0 saturated heterocycles. The predicted octanol–water partition coefficient (Wildman–Crippen LogP) is 8.25. The van der Waals surface area contributed by atoms with Crippen LogP contribution in [0, 0.1) is 0 Å². The van der Waals surface area contributed by atoms with E-state index in [0.717, 1.165) is 6.42 Å². The second-order valence-corrected chi connectivity index (χ2v) is 9.38. The van der Waals surface area contributed by atoms with Crippen molar-refractivity contribution in [3.05, 3.63) is 0 Å². The molecule has 0 radical (unpaired) electrons. The van der Waals surface area contributed by atoms with Gasteiger partial charge in [0.1, 0.15) is 0 Å². The van der Waals surface area contributed by atoms with Crippen molar-refractivity contribution in [2.75, 3.05) is 20.6 Å². The van der Waals surface area contributed by atoms with E-state index in [-0.39, 0.29) is 5.91 Å². The second-order valence-electron chi connectivity index (χ2n) is 9.38. The molecule has 182 valence electrons. The van der Waals surface area contributed by atoms with Gasteiger partial charge in [-0.25, -0.2) is 0 Å². The number of primary amides is 1. The van der Waals surface area contributed by atoms with Crippen LogP contribution in [0.15, 0.2) is 0 Å². The van der Waals surface area contributed by atoms with Crippen LogP contribution in [0.4, 0.5) is 0 Å². The molecule has 0 aromatic carbocycles. The van der Waals surface area contributed by atoms with Crippen LogP contribution in [0.1, 0.15) is 149 Å². The maximum Gasteiger partial charge on any atom is 0.217 e. The zero-order chi connectivity index (χ0) is 22.7. The van der Waals surface area contributed by atoms with E-state index in [1.54, 1.807) is 0 Å². The fourth-order valence-electron chi connectivity index (χ4n) is 3.82. The Labute approximate surface area is 190 Å². The molecule has 2 N–H and O–H groups in total. The van der Waals surface area contributed by atoms with Gasteiger partial charge < -0.3 is 10.6 Å². The molecule has 3 nitrogen and oxygen atoms in total. The molecule has 0 aliphatic rings. The van der Waals surface area contributed by atoms with E-state index < -0.39 is 0 Å². The molecular formula is C27H58N2O. The molecule has 3 heteroatoms. The monoisotopic (exact) mass is 426 g/mol. The van der Waals surface area contributed by atoms with Gasteiger partial charge in [-0.1, -0.05) is 129 Å². The second kappa shape index (κ2) is 28.4. The SMILES string of the molecule is CCCCCCCCCCCCCCCCCCCCCC(N)=O.CCCN(C)C. The van der Waals surface area contributed by atoms with Crippen molar-refractivity contribution >= 4 is 5.91 Å². The van der Waals surface area contributed by atoms with Gasteiger partial charge in [-0.2, -0.15) is 0 Å². The Bertz CT molecular complexity index is 318.